The van der Waals surface area contributed by atoms with Gasteiger partial charge in [-0.15, -0.1) is 34.8 Å². The average Bonchev–Trinajstić information content (AvgIpc) is 1.30. The second-order valence-corrected chi connectivity index (χ2v) is 38.1. The van der Waals surface area contributed by atoms with E-state index in [4.69, 9.17) is 103 Å². The number of epoxide rings is 1. The van der Waals surface area contributed by atoms with Gasteiger partial charge in [0.15, 0.2) is 0 Å². The zero-order chi connectivity index (χ0) is 87.4. The first-order chi connectivity index (χ1) is 57.1. The number of halogens is 5. The van der Waals surface area contributed by atoms with Crippen molar-refractivity contribution in [2.24, 2.45) is 64.4 Å². The number of aliphatic hydroxyl groups excluding tert-OH is 4. The third-order valence-electron chi connectivity index (χ3n) is 25.6. The number of piperidine rings is 1. The van der Waals surface area contributed by atoms with Crippen molar-refractivity contribution in [1.29, 1.82) is 15.8 Å². The number of aliphatic hydroxyl groups is 4. The summed E-state index contributed by atoms with van der Waals surface area (Å²) in [5.41, 5.74) is 43.7. The molecule has 3 radical (unpaired) electrons. The van der Waals surface area contributed by atoms with Crippen LogP contribution in [0.2, 0.25) is 0 Å². The van der Waals surface area contributed by atoms with Gasteiger partial charge in [-0.3, -0.25) is 0 Å². The van der Waals surface area contributed by atoms with E-state index < -0.39 is 20.1 Å². The van der Waals surface area contributed by atoms with Crippen LogP contribution >= 0.6 is 67.9 Å². The molecule has 0 amide bonds. The Morgan fingerprint density at radius 2 is 0.664 bits per heavy atom. The molecule has 17 rings (SSSR count). The predicted octanol–water partition coefficient (Wildman–Crippen LogP) is 18.3. The van der Waals surface area contributed by atoms with Crippen molar-refractivity contribution in [3.05, 3.63) is 283 Å². The number of ether oxygens (including phenoxy) is 1. The van der Waals surface area contributed by atoms with E-state index in [1.807, 2.05) is 106 Å². The largest absolute Gasteiger partial charge is 0.396 e. The summed E-state index contributed by atoms with van der Waals surface area (Å²) in [5, 5.41) is 66.4. The molecular formula is C100H135BCl5N8O6S2. The Labute approximate surface area is 764 Å². The summed E-state index contributed by atoms with van der Waals surface area (Å²) < 4.78 is 13.8. The number of thioether (sulfide) groups is 1. The van der Waals surface area contributed by atoms with Gasteiger partial charge in [-0.1, -0.05) is 253 Å². The Morgan fingerprint density at radius 1 is 0.418 bits per heavy atom. The lowest BCUT2D eigenvalue weighted by Crippen LogP contribution is -2.23. The SMILES string of the molecule is C.C.CSC.Cc1ccc(CC#N)cc1.Cc1ccc([C@@]2(C#N)C[C@@H]2CO)cc1.Cc1ccc([C@@]2(CN)C[C@@H]2CCl)cc1.Cc1ccc([C@@]2(CN)C[C@@H]2CO)cc1.Cc1ccc([C@]2(C#N)C[C@@H]2CO)cc1.Cc1ccc([C@]2(CN)C[C@@H]2CCl)cc1.Cc1ccc([C@]2(CN)C[C@@H]2CO)cc1.Cc1ccc([C@]23CNC[C@H]2C3)cc1.ClC[C@@H]1CO1.O=S(Cl)Cl.[B]. The molecule has 0 unspecified atom stereocenters. The van der Waals surface area contributed by atoms with E-state index in [1.165, 1.54) is 86.3 Å². The lowest BCUT2D eigenvalue weighted by Gasteiger charge is -2.15. The van der Waals surface area contributed by atoms with Crippen molar-refractivity contribution in [3.63, 3.8) is 0 Å². The Hall–Kier alpha value is -6.16. The Bertz CT molecular complexity index is 4200. The highest BCUT2D eigenvalue weighted by Crippen LogP contribution is 2.59. The first-order valence-corrected chi connectivity index (χ1v) is 47.3. The van der Waals surface area contributed by atoms with E-state index in [1.54, 1.807) is 17.3 Å². The molecule has 9 fully saturated rings. The van der Waals surface area contributed by atoms with Gasteiger partial charge in [0.25, 0.3) is 0 Å². The number of fused-ring (bicyclic) bond motifs is 1. The fourth-order valence-electron chi connectivity index (χ4n) is 16.4. The van der Waals surface area contributed by atoms with Crippen molar-refractivity contribution in [2.75, 3.05) is 102 Å². The van der Waals surface area contributed by atoms with Gasteiger partial charge in [-0.25, -0.2) is 4.21 Å². The topological polar surface area (TPSA) is 298 Å². The summed E-state index contributed by atoms with van der Waals surface area (Å²) in [7, 11) is 7.36. The van der Waals surface area contributed by atoms with Crippen molar-refractivity contribution in [3.8, 4) is 18.2 Å². The zero-order valence-corrected chi connectivity index (χ0v) is 77.1. The normalized spacial score (nSPS) is 27.1. The number of nitrogens with one attached hydrogen (secondary N) is 1. The molecule has 0 spiro atoms. The van der Waals surface area contributed by atoms with Gasteiger partial charge in [0, 0.05) is 140 Å². The molecule has 2 aliphatic heterocycles. The molecule has 9 aliphatic rings. The molecule has 0 aromatic heterocycles. The number of nitrogens with zero attached hydrogens (tertiary/aromatic N) is 3. The lowest BCUT2D eigenvalue weighted by molar-refractivity contribution is 0.264. The van der Waals surface area contributed by atoms with Gasteiger partial charge in [0.2, 0.25) is 9.23 Å². The van der Waals surface area contributed by atoms with Gasteiger partial charge < -0.3 is 53.4 Å². The number of alkyl halides is 3. The number of nitrogens with two attached hydrogens (primary N) is 4. The first-order valence-electron chi connectivity index (χ1n) is 41.2. The van der Waals surface area contributed by atoms with Crippen LogP contribution in [0.1, 0.15) is 149 Å². The fraction of sp³-hybridized carbons (Fsp3) is 0.490. The molecular weight excluding hydrogens is 1660 g/mol. The summed E-state index contributed by atoms with van der Waals surface area (Å²) in [5.74, 6) is 5.22. The second kappa shape index (κ2) is 51.0. The molecule has 7 saturated carbocycles. The van der Waals surface area contributed by atoms with Crippen LogP contribution < -0.4 is 28.3 Å². The van der Waals surface area contributed by atoms with Crippen LogP contribution in [0.4, 0.5) is 0 Å². The number of nitriles is 3. The first kappa shape index (κ1) is 108. The maximum absolute atomic E-state index is 9.13. The van der Waals surface area contributed by atoms with E-state index in [-0.39, 0.29) is 83.2 Å². The highest BCUT2D eigenvalue weighted by molar-refractivity contribution is 8.26. The molecule has 661 valence electrons. The third kappa shape index (κ3) is 28.9. The number of rotatable bonds is 19. The molecule has 14 nitrogen and oxygen atoms in total. The standard InChI is InChI=1S/2C12H16ClN.2C12H17NO.2C12H13NO.C12H15N.C9H9N.C3H5ClO.C2H6S.2CH4.B.Cl2OS/c2*1-9-2-4-10(5-3-9)12(8-14)6-11(12)7-13;4*1-9-2-4-10(5-3-9)12(8-13)6-11(12)7-14;1-9-2-4-10(5-3-9)12-6-11(12)7-13-8-12;1-8-2-4-9(5-3-8)6-7-10;4-1-3-2-5-3;1-3-2;;;;1-4(2)3/h2*2-5,11H,6-8,14H2,1H3;2*2-5,11,14H,6-8,13H2,1H3;2*2-5,11,14H,6-7H2,1H3;2-5,11,13H,6-8H2,1H3;2-5H,6H2,1H3;3H,1-2H2;1-2H3;2*1H4;;/t11-,12+;11-,12-;11-,12+;11-,12-;11-,12+;11-,12-;11-,12+;;3-;;;;;/m1111111.1...../s1. The molecule has 2 heterocycles. The van der Waals surface area contributed by atoms with E-state index in [0.717, 1.165) is 79.5 Å². The molecule has 122 heavy (non-hydrogen) atoms. The predicted molar refractivity (Wildman–Crippen MR) is 516 cm³/mol. The van der Waals surface area contributed by atoms with Crippen molar-refractivity contribution in [2.45, 2.75) is 166 Å². The zero-order valence-electron chi connectivity index (χ0n) is 71.7. The Morgan fingerprint density at radius 3 is 0.836 bits per heavy atom. The Balaban J connectivity index is 0.000000286. The van der Waals surface area contributed by atoms with E-state index in [2.05, 4.69) is 201 Å². The quantitative estimate of drug-likeness (QED) is 0.0157. The number of benzene rings is 8. The van der Waals surface area contributed by atoms with E-state index >= 15 is 0 Å². The summed E-state index contributed by atoms with van der Waals surface area (Å²) in [6, 6.07) is 74.2. The van der Waals surface area contributed by atoms with E-state index in [9.17, 15) is 0 Å². The molecule has 13 N–H and O–H groups in total. The number of hydrogen-bond acceptors (Lipinski definition) is 15. The average molecular weight is 1800 g/mol. The maximum Gasteiger partial charge on any atom is 0.211 e. The molecule has 22 heteroatoms. The summed E-state index contributed by atoms with van der Waals surface area (Å²) in [6.45, 7) is 23.4. The molecule has 15 atom stereocenters. The Kier molecular flexibility index (Phi) is 45.2. The summed E-state index contributed by atoms with van der Waals surface area (Å²) in [4.78, 5) is 0. The van der Waals surface area contributed by atoms with Crippen molar-refractivity contribution in [1.82, 2.24) is 5.32 Å². The molecule has 7 aliphatic carbocycles. The monoisotopic (exact) mass is 1790 g/mol. The maximum atomic E-state index is 9.13. The van der Waals surface area contributed by atoms with Crippen LogP contribution in [0.5, 0.6) is 0 Å². The highest BCUT2D eigenvalue weighted by Gasteiger charge is 2.60. The minimum atomic E-state index is -1.67. The molecule has 0 bridgehead atoms. The number of hydrogen-bond donors (Lipinski definition) is 9. The van der Waals surface area contributed by atoms with Crippen LogP contribution in [0.15, 0.2) is 194 Å². The van der Waals surface area contributed by atoms with Crippen LogP contribution in [0.3, 0.4) is 0 Å². The molecule has 2 saturated heterocycles. The van der Waals surface area contributed by atoms with Crippen LogP contribution in [-0.4, -0.2) is 142 Å². The van der Waals surface area contributed by atoms with Crippen LogP contribution in [-0.2, 0) is 58.3 Å². The number of aryl methyl sites for hydroxylation is 8. The minimum Gasteiger partial charge on any atom is -0.396 e. The fourth-order valence-corrected chi connectivity index (χ4v) is 17.4. The van der Waals surface area contributed by atoms with Crippen LogP contribution in [0, 0.1) is 131 Å². The molecule has 8 aromatic carbocycles. The lowest BCUT2D eigenvalue weighted by atomic mass is 9.93. The highest BCUT2D eigenvalue weighted by atomic mass is 36.0. The van der Waals surface area contributed by atoms with Gasteiger partial charge in [-0.2, -0.15) is 27.5 Å². The van der Waals surface area contributed by atoms with Gasteiger partial charge >= 0.3 is 0 Å². The van der Waals surface area contributed by atoms with E-state index in [0.29, 0.717) is 73.7 Å². The molecule has 8 aromatic rings. The van der Waals surface area contributed by atoms with Gasteiger partial charge in [0.1, 0.15) is 0 Å². The van der Waals surface area contributed by atoms with Crippen molar-refractivity contribution < 1.29 is 29.4 Å². The summed E-state index contributed by atoms with van der Waals surface area (Å²) in [6.07, 6.45) is 12.4. The minimum absolute atomic E-state index is 0. The van der Waals surface area contributed by atoms with Crippen molar-refractivity contribution >= 4 is 85.6 Å². The van der Waals surface area contributed by atoms with Gasteiger partial charge in [0.05, 0.1) is 54.0 Å². The second-order valence-electron chi connectivity index (χ2n) is 33.8. The van der Waals surface area contributed by atoms with Crippen LogP contribution in [0.25, 0.3) is 0 Å². The van der Waals surface area contributed by atoms with Gasteiger partial charge in [-0.05, 0) is 193 Å². The third-order valence-corrected chi connectivity index (χ3v) is 26.6. The smallest absolute Gasteiger partial charge is 0.211 e. The summed E-state index contributed by atoms with van der Waals surface area (Å²) >= 11 is 18.8.